The first-order valence-electron chi connectivity index (χ1n) is 9.53. The van der Waals surface area contributed by atoms with Crippen molar-refractivity contribution in [3.05, 3.63) is 29.8 Å². The number of sulfonamides is 1. The molecule has 2 aliphatic rings. The van der Waals surface area contributed by atoms with Crippen molar-refractivity contribution in [3.8, 4) is 0 Å². The SMILES string of the molecule is CCOC1CCCN(C(=O)c2cccc(S(=O)(=O)NC3CCCC3)c2)C1. The Morgan fingerprint density at radius 1 is 1.23 bits per heavy atom. The summed E-state index contributed by atoms with van der Waals surface area (Å²) in [6.07, 6.45) is 5.79. The van der Waals surface area contributed by atoms with Crippen molar-refractivity contribution in [2.75, 3.05) is 19.7 Å². The number of ether oxygens (including phenoxy) is 1. The molecule has 1 atom stereocenters. The van der Waals surface area contributed by atoms with Gasteiger partial charge in [-0.3, -0.25) is 4.79 Å². The Balaban J connectivity index is 1.72. The Morgan fingerprint density at radius 3 is 2.73 bits per heavy atom. The van der Waals surface area contributed by atoms with Gasteiger partial charge in [-0.25, -0.2) is 13.1 Å². The van der Waals surface area contributed by atoms with Gasteiger partial charge in [0.2, 0.25) is 10.0 Å². The largest absolute Gasteiger partial charge is 0.377 e. The molecule has 1 aromatic carbocycles. The van der Waals surface area contributed by atoms with Crippen LogP contribution in [0.1, 0.15) is 55.8 Å². The van der Waals surface area contributed by atoms with Gasteiger partial charge in [-0.2, -0.15) is 0 Å². The second-order valence-corrected chi connectivity index (χ2v) is 8.82. The normalized spacial score (nSPS) is 21.9. The van der Waals surface area contributed by atoms with E-state index in [9.17, 15) is 13.2 Å². The highest BCUT2D eigenvalue weighted by Gasteiger charge is 2.27. The first kappa shape index (κ1) is 19.3. The molecule has 7 heteroatoms. The highest BCUT2D eigenvalue weighted by molar-refractivity contribution is 7.89. The van der Waals surface area contributed by atoms with E-state index in [4.69, 9.17) is 4.74 Å². The molecule has 0 spiro atoms. The van der Waals surface area contributed by atoms with Crippen LogP contribution in [0.2, 0.25) is 0 Å². The maximum atomic E-state index is 12.8. The molecule has 6 nitrogen and oxygen atoms in total. The lowest BCUT2D eigenvalue weighted by Crippen LogP contribution is -2.43. The molecule has 1 heterocycles. The van der Waals surface area contributed by atoms with Gasteiger partial charge in [0.25, 0.3) is 5.91 Å². The molecule has 1 aliphatic heterocycles. The molecule has 26 heavy (non-hydrogen) atoms. The van der Waals surface area contributed by atoms with Gasteiger partial charge in [0.05, 0.1) is 11.0 Å². The van der Waals surface area contributed by atoms with Crippen LogP contribution in [0.25, 0.3) is 0 Å². The lowest BCUT2D eigenvalue weighted by molar-refractivity contribution is 0.00723. The number of piperidine rings is 1. The molecule has 0 radical (unpaired) electrons. The molecule has 1 aromatic rings. The Bertz CT molecular complexity index is 727. The standard InChI is InChI=1S/C19H28N2O4S/c1-2-25-17-10-6-12-21(14-17)19(22)15-7-5-11-18(13-15)26(23,24)20-16-8-3-4-9-16/h5,7,11,13,16-17,20H,2-4,6,8-10,12,14H2,1H3. The summed E-state index contributed by atoms with van der Waals surface area (Å²) >= 11 is 0. The molecular weight excluding hydrogens is 352 g/mol. The first-order chi connectivity index (χ1) is 12.5. The zero-order valence-corrected chi connectivity index (χ0v) is 16.1. The summed E-state index contributed by atoms with van der Waals surface area (Å²) in [5.41, 5.74) is 0.413. The zero-order valence-electron chi connectivity index (χ0n) is 15.3. The minimum atomic E-state index is -3.60. The third kappa shape index (κ3) is 4.64. The number of benzene rings is 1. The Morgan fingerprint density at radius 2 is 2.00 bits per heavy atom. The fourth-order valence-corrected chi connectivity index (χ4v) is 5.15. The van der Waals surface area contributed by atoms with E-state index < -0.39 is 10.0 Å². The molecule has 3 rings (SSSR count). The number of carbonyl (C=O) groups excluding carboxylic acids is 1. The smallest absolute Gasteiger partial charge is 0.253 e. The highest BCUT2D eigenvalue weighted by atomic mass is 32.2. The van der Waals surface area contributed by atoms with Crippen LogP contribution in [0.3, 0.4) is 0 Å². The molecule has 1 saturated carbocycles. The highest BCUT2D eigenvalue weighted by Crippen LogP contribution is 2.22. The van der Waals surface area contributed by atoms with Crippen molar-refractivity contribution in [3.63, 3.8) is 0 Å². The van der Waals surface area contributed by atoms with Gasteiger partial charge in [0.1, 0.15) is 0 Å². The molecule has 1 N–H and O–H groups in total. The number of carbonyl (C=O) groups is 1. The molecule has 1 saturated heterocycles. The van der Waals surface area contributed by atoms with Gasteiger partial charge in [0.15, 0.2) is 0 Å². The second kappa shape index (κ2) is 8.50. The average molecular weight is 381 g/mol. The first-order valence-corrected chi connectivity index (χ1v) is 11.0. The van der Waals surface area contributed by atoms with Crippen LogP contribution in [0.5, 0.6) is 0 Å². The predicted molar refractivity (Wildman–Crippen MR) is 99.6 cm³/mol. The summed E-state index contributed by atoms with van der Waals surface area (Å²) in [6, 6.07) is 6.37. The molecular formula is C19H28N2O4S. The molecule has 1 unspecified atom stereocenters. The molecule has 2 fully saturated rings. The fraction of sp³-hybridized carbons (Fsp3) is 0.632. The third-order valence-corrected chi connectivity index (χ3v) is 6.65. The quantitative estimate of drug-likeness (QED) is 0.823. The van der Waals surface area contributed by atoms with Crippen LogP contribution in [0.15, 0.2) is 29.2 Å². The summed E-state index contributed by atoms with van der Waals surface area (Å²) in [7, 11) is -3.60. The van der Waals surface area contributed by atoms with Crippen molar-refractivity contribution in [1.29, 1.82) is 0 Å². The van der Waals surface area contributed by atoms with E-state index in [0.717, 1.165) is 38.5 Å². The number of hydrogen-bond donors (Lipinski definition) is 1. The molecule has 1 amide bonds. The number of nitrogens with zero attached hydrogens (tertiary/aromatic N) is 1. The molecule has 0 aromatic heterocycles. The second-order valence-electron chi connectivity index (χ2n) is 7.10. The van der Waals surface area contributed by atoms with Crippen LogP contribution < -0.4 is 4.72 Å². The van der Waals surface area contributed by atoms with E-state index in [-0.39, 0.29) is 22.9 Å². The summed E-state index contributed by atoms with van der Waals surface area (Å²) in [4.78, 5) is 14.8. The summed E-state index contributed by atoms with van der Waals surface area (Å²) in [5.74, 6) is -0.132. The van der Waals surface area contributed by atoms with Crippen LogP contribution in [-0.4, -0.2) is 51.1 Å². The minimum absolute atomic E-state index is 0.00778. The summed E-state index contributed by atoms with van der Waals surface area (Å²) in [6.45, 7) is 3.82. The summed E-state index contributed by atoms with van der Waals surface area (Å²) in [5, 5.41) is 0. The van der Waals surface area contributed by atoms with Crippen LogP contribution >= 0.6 is 0 Å². The number of nitrogens with one attached hydrogen (secondary N) is 1. The van der Waals surface area contributed by atoms with Gasteiger partial charge in [-0.15, -0.1) is 0 Å². The van der Waals surface area contributed by atoms with E-state index in [1.807, 2.05) is 6.92 Å². The van der Waals surface area contributed by atoms with E-state index >= 15 is 0 Å². The average Bonchev–Trinajstić information content (AvgIpc) is 3.14. The predicted octanol–water partition coefficient (Wildman–Crippen LogP) is 2.55. The number of amides is 1. The minimum Gasteiger partial charge on any atom is -0.377 e. The van der Waals surface area contributed by atoms with Crippen LogP contribution in [0, 0.1) is 0 Å². The monoisotopic (exact) mass is 380 g/mol. The lowest BCUT2D eigenvalue weighted by Gasteiger charge is -2.32. The van der Waals surface area contributed by atoms with E-state index in [1.54, 1.807) is 23.1 Å². The van der Waals surface area contributed by atoms with Crippen molar-refractivity contribution >= 4 is 15.9 Å². The van der Waals surface area contributed by atoms with Crippen molar-refractivity contribution in [2.24, 2.45) is 0 Å². The fourth-order valence-electron chi connectivity index (χ4n) is 3.80. The molecule has 0 bridgehead atoms. The Labute approximate surface area is 156 Å². The zero-order chi connectivity index (χ0) is 18.6. The van der Waals surface area contributed by atoms with Crippen molar-refractivity contribution in [1.82, 2.24) is 9.62 Å². The van der Waals surface area contributed by atoms with Crippen LogP contribution in [0.4, 0.5) is 0 Å². The van der Waals surface area contributed by atoms with Gasteiger partial charge < -0.3 is 9.64 Å². The maximum Gasteiger partial charge on any atom is 0.253 e. The topological polar surface area (TPSA) is 75.7 Å². The Kier molecular flexibility index (Phi) is 6.32. The lowest BCUT2D eigenvalue weighted by atomic mass is 10.1. The summed E-state index contributed by atoms with van der Waals surface area (Å²) < 4.78 is 33.7. The van der Waals surface area contributed by atoms with E-state index in [0.29, 0.717) is 25.3 Å². The molecule has 144 valence electrons. The van der Waals surface area contributed by atoms with E-state index in [1.165, 1.54) is 6.07 Å². The number of hydrogen-bond acceptors (Lipinski definition) is 4. The van der Waals surface area contributed by atoms with Crippen molar-refractivity contribution < 1.29 is 17.9 Å². The van der Waals surface area contributed by atoms with Gasteiger partial charge >= 0.3 is 0 Å². The number of rotatable bonds is 6. The maximum absolute atomic E-state index is 12.8. The van der Waals surface area contributed by atoms with Gasteiger partial charge in [0, 0.05) is 31.3 Å². The van der Waals surface area contributed by atoms with Crippen LogP contribution in [-0.2, 0) is 14.8 Å². The number of likely N-dealkylation sites (tertiary alicyclic amines) is 1. The van der Waals surface area contributed by atoms with Gasteiger partial charge in [-0.05, 0) is 50.8 Å². The van der Waals surface area contributed by atoms with Gasteiger partial charge in [-0.1, -0.05) is 18.9 Å². The van der Waals surface area contributed by atoms with E-state index in [2.05, 4.69) is 4.72 Å². The van der Waals surface area contributed by atoms with Crippen molar-refractivity contribution in [2.45, 2.75) is 62.5 Å². The Hall–Kier alpha value is -1.44. The molecule has 1 aliphatic carbocycles. The third-order valence-electron chi connectivity index (χ3n) is 5.14.